The molecule has 0 saturated carbocycles. The number of nitriles is 1. The molecule has 2 heterocycles. The average molecular weight is 203 g/mol. The third-order valence-electron chi connectivity index (χ3n) is 2.56. The number of pyridine rings is 1. The molecule has 0 bridgehead atoms. The van der Waals surface area contributed by atoms with Crippen molar-refractivity contribution in [3.8, 4) is 11.8 Å². The Morgan fingerprint density at radius 3 is 3.13 bits per heavy atom. The summed E-state index contributed by atoms with van der Waals surface area (Å²) in [6.07, 6.45) is 2.82. The van der Waals surface area contributed by atoms with Crippen LogP contribution < -0.4 is 10.1 Å². The monoisotopic (exact) mass is 203 g/mol. The summed E-state index contributed by atoms with van der Waals surface area (Å²) in [6, 6.07) is 4.29. The number of nitrogens with one attached hydrogen (secondary N) is 1. The molecule has 1 N–H and O–H groups in total. The second-order valence-corrected chi connectivity index (χ2v) is 3.67. The molecule has 1 saturated heterocycles. The number of nitrogens with zero attached hydrogens (tertiary/aromatic N) is 2. The van der Waals surface area contributed by atoms with E-state index in [1.54, 1.807) is 12.3 Å². The van der Waals surface area contributed by atoms with Crippen LogP contribution in [0.15, 0.2) is 12.3 Å². The van der Waals surface area contributed by atoms with Crippen molar-refractivity contribution in [1.82, 2.24) is 10.3 Å². The standard InChI is InChI=1S/C11H13N3O/c1-8-9(5-12)4-11(6-14-8)15-7-10-2-3-13-10/h4,6,10,13H,2-3,7H2,1H3/t10-/m0/s1. The zero-order chi connectivity index (χ0) is 10.7. The van der Waals surface area contributed by atoms with Gasteiger partial charge in [-0.25, -0.2) is 0 Å². The van der Waals surface area contributed by atoms with Crippen molar-refractivity contribution in [2.24, 2.45) is 0 Å². The predicted octanol–water partition coefficient (Wildman–Crippen LogP) is 1.00. The van der Waals surface area contributed by atoms with E-state index < -0.39 is 0 Å². The molecule has 78 valence electrons. The van der Waals surface area contributed by atoms with E-state index in [0.29, 0.717) is 24.0 Å². The van der Waals surface area contributed by atoms with Crippen LogP contribution in [0, 0.1) is 18.3 Å². The summed E-state index contributed by atoms with van der Waals surface area (Å²) < 4.78 is 5.53. The molecular weight excluding hydrogens is 190 g/mol. The van der Waals surface area contributed by atoms with Gasteiger partial charge in [0.2, 0.25) is 0 Å². The van der Waals surface area contributed by atoms with Gasteiger partial charge in [-0.3, -0.25) is 4.98 Å². The number of aryl methyl sites for hydroxylation is 1. The summed E-state index contributed by atoms with van der Waals surface area (Å²) >= 11 is 0. The summed E-state index contributed by atoms with van der Waals surface area (Å²) in [5.41, 5.74) is 1.32. The maximum atomic E-state index is 8.82. The van der Waals surface area contributed by atoms with Crippen molar-refractivity contribution < 1.29 is 4.74 Å². The van der Waals surface area contributed by atoms with Gasteiger partial charge in [-0.2, -0.15) is 5.26 Å². The first-order chi connectivity index (χ1) is 7.29. The normalized spacial score (nSPS) is 19.1. The molecule has 0 spiro atoms. The molecule has 1 fully saturated rings. The Labute approximate surface area is 88.9 Å². The highest BCUT2D eigenvalue weighted by atomic mass is 16.5. The number of ether oxygens (including phenoxy) is 1. The number of hydrogen-bond donors (Lipinski definition) is 1. The minimum Gasteiger partial charge on any atom is -0.490 e. The van der Waals surface area contributed by atoms with Crippen molar-refractivity contribution in [1.29, 1.82) is 5.26 Å². The average Bonchev–Trinajstić information content (AvgIpc) is 2.18. The molecule has 4 nitrogen and oxygen atoms in total. The van der Waals surface area contributed by atoms with Gasteiger partial charge < -0.3 is 10.1 Å². The third kappa shape index (κ3) is 2.25. The van der Waals surface area contributed by atoms with Crippen LogP contribution in [0.3, 0.4) is 0 Å². The lowest BCUT2D eigenvalue weighted by molar-refractivity contribution is 0.217. The SMILES string of the molecule is Cc1ncc(OC[C@@H]2CCN2)cc1C#N. The van der Waals surface area contributed by atoms with Gasteiger partial charge in [0.15, 0.2) is 0 Å². The Morgan fingerprint density at radius 2 is 2.53 bits per heavy atom. The molecule has 1 aromatic heterocycles. The van der Waals surface area contributed by atoms with E-state index in [1.807, 2.05) is 6.92 Å². The molecule has 1 aliphatic heterocycles. The van der Waals surface area contributed by atoms with Crippen molar-refractivity contribution in [2.75, 3.05) is 13.2 Å². The third-order valence-corrected chi connectivity index (χ3v) is 2.56. The van der Waals surface area contributed by atoms with Crippen molar-refractivity contribution in [2.45, 2.75) is 19.4 Å². The van der Waals surface area contributed by atoms with Gasteiger partial charge in [0.25, 0.3) is 0 Å². The van der Waals surface area contributed by atoms with Gasteiger partial charge in [0, 0.05) is 12.1 Å². The van der Waals surface area contributed by atoms with E-state index >= 15 is 0 Å². The molecule has 1 aromatic rings. The molecule has 0 radical (unpaired) electrons. The van der Waals surface area contributed by atoms with Crippen molar-refractivity contribution in [3.63, 3.8) is 0 Å². The molecule has 4 heteroatoms. The van der Waals surface area contributed by atoms with Crippen LogP contribution in [0.25, 0.3) is 0 Å². The van der Waals surface area contributed by atoms with Crippen LogP contribution in [0.1, 0.15) is 17.7 Å². The molecule has 2 rings (SSSR count). The first kappa shape index (κ1) is 9.94. The Morgan fingerprint density at radius 1 is 1.73 bits per heavy atom. The lowest BCUT2D eigenvalue weighted by Crippen LogP contribution is -2.46. The maximum Gasteiger partial charge on any atom is 0.139 e. The highest BCUT2D eigenvalue weighted by Crippen LogP contribution is 2.15. The van der Waals surface area contributed by atoms with Crippen LogP contribution >= 0.6 is 0 Å². The fourth-order valence-electron chi connectivity index (χ4n) is 1.39. The van der Waals surface area contributed by atoms with Gasteiger partial charge in [-0.15, -0.1) is 0 Å². The van der Waals surface area contributed by atoms with Gasteiger partial charge in [0.05, 0.1) is 17.5 Å². The Bertz CT molecular complexity index is 393. The Balaban J connectivity index is 1.99. The van der Waals surface area contributed by atoms with Gasteiger partial charge in [0.1, 0.15) is 18.4 Å². The highest BCUT2D eigenvalue weighted by molar-refractivity contribution is 5.37. The summed E-state index contributed by atoms with van der Waals surface area (Å²) in [5, 5.41) is 12.1. The maximum absolute atomic E-state index is 8.82. The summed E-state index contributed by atoms with van der Waals surface area (Å²) in [7, 11) is 0. The van der Waals surface area contributed by atoms with Gasteiger partial charge in [-0.1, -0.05) is 0 Å². The Kier molecular flexibility index (Phi) is 2.84. The highest BCUT2D eigenvalue weighted by Gasteiger charge is 2.16. The molecular formula is C11H13N3O. The first-order valence-electron chi connectivity index (χ1n) is 5.02. The second-order valence-electron chi connectivity index (χ2n) is 3.67. The first-order valence-corrected chi connectivity index (χ1v) is 5.02. The quantitative estimate of drug-likeness (QED) is 0.796. The second kappa shape index (κ2) is 4.28. The molecule has 1 atom stereocenters. The van der Waals surface area contributed by atoms with Crippen LogP contribution in [0.2, 0.25) is 0 Å². The van der Waals surface area contributed by atoms with Gasteiger partial charge in [-0.05, 0) is 19.9 Å². The van der Waals surface area contributed by atoms with E-state index in [4.69, 9.17) is 10.00 Å². The van der Waals surface area contributed by atoms with E-state index in [2.05, 4.69) is 16.4 Å². The lowest BCUT2D eigenvalue weighted by Gasteiger charge is -2.27. The molecule has 0 amide bonds. The summed E-state index contributed by atoms with van der Waals surface area (Å²) in [4.78, 5) is 4.10. The molecule has 0 unspecified atom stereocenters. The Hall–Kier alpha value is -1.60. The van der Waals surface area contributed by atoms with E-state index in [-0.39, 0.29) is 0 Å². The topological polar surface area (TPSA) is 57.9 Å². The smallest absolute Gasteiger partial charge is 0.139 e. The van der Waals surface area contributed by atoms with Crippen LogP contribution in [-0.4, -0.2) is 24.2 Å². The summed E-state index contributed by atoms with van der Waals surface area (Å²) in [6.45, 7) is 3.54. The van der Waals surface area contributed by atoms with Crippen LogP contribution in [0.5, 0.6) is 5.75 Å². The van der Waals surface area contributed by atoms with Gasteiger partial charge >= 0.3 is 0 Å². The largest absolute Gasteiger partial charge is 0.490 e. The molecule has 0 aromatic carbocycles. The van der Waals surface area contributed by atoms with Crippen molar-refractivity contribution >= 4 is 0 Å². The number of hydrogen-bond acceptors (Lipinski definition) is 4. The van der Waals surface area contributed by atoms with E-state index in [1.165, 1.54) is 0 Å². The summed E-state index contributed by atoms with van der Waals surface area (Å²) in [5.74, 6) is 0.672. The minimum atomic E-state index is 0.455. The molecule has 0 aliphatic carbocycles. The minimum absolute atomic E-state index is 0.455. The fourth-order valence-corrected chi connectivity index (χ4v) is 1.39. The number of rotatable bonds is 3. The zero-order valence-electron chi connectivity index (χ0n) is 8.66. The number of aromatic nitrogens is 1. The van der Waals surface area contributed by atoms with Crippen LogP contribution in [-0.2, 0) is 0 Å². The van der Waals surface area contributed by atoms with Crippen LogP contribution in [0.4, 0.5) is 0 Å². The van der Waals surface area contributed by atoms with Crippen molar-refractivity contribution in [3.05, 3.63) is 23.5 Å². The molecule has 15 heavy (non-hydrogen) atoms. The fraction of sp³-hybridized carbons (Fsp3) is 0.455. The van der Waals surface area contributed by atoms with E-state index in [9.17, 15) is 0 Å². The van der Waals surface area contributed by atoms with E-state index in [0.717, 1.165) is 18.7 Å². The predicted molar refractivity (Wildman–Crippen MR) is 55.6 cm³/mol. The molecule has 1 aliphatic rings. The lowest BCUT2D eigenvalue weighted by atomic mass is 10.1. The zero-order valence-corrected chi connectivity index (χ0v) is 8.66.